The van der Waals surface area contributed by atoms with Gasteiger partial charge in [-0.15, -0.1) is 0 Å². The van der Waals surface area contributed by atoms with Gasteiger partial charge in [0.25, 0.3) is 6.43 Å². The van der Waals surface area contributed by atoms with Crippen molar-refractivity contribution in [2.45, 2.75) is 13.0 Å². The van der Waals surface area contributed by atoms with Crippen LogP contribution in [0.2, 0.25) is 5.02 Å². The van der Waals surface area contributed by atoms with E-state index in [1.54, 1.807) is 18.2 Å². The molecule has 0 unspecified atom stereocenters. The SMILES string of the molecule is COCc1cccc2c(Cl)cc(C(F)F)nc12. The van der Waals surface area contributed by atoms with E-state index >= 15 is 0 Å². The minimum Gasteiger partial charge on any atom is -0.380 e. The van der Waals surface area contributed by atoms with Crippen LogP contribution in [-0.2, 0) is 11.3 Å². The first-order valence-corrected chi connectivity index (χ1v) is 5.36. The van der Waals surface area contributed by atoms with E-state index in [2.05, 4.69) is 4.98 Å². The maximum Gasteiger partial charge on any atom is 0.280 e. The maximum atomic E-state index is 12.6. The Morgan fingerprint density at radius 1 is 1.41 bits per heavy atom. The Morgan fingerprint density at radius 2 is 2.18 bits per heavy atom. The highest BCUT2D eigenvalue weighted by Gasteiger charge is 2.14. The zero-order valence-electron chi connectivity index (χ0n) is 9.08. The summed E-state index contributed by atoms with van der Waals surface area (Å²) < 4.78 is 30.3. The number of hydrogen-bond donors (Lipinski definition) is 0. The first kappa shape index (κ1) is 12.2. The molecular formula is C12H10ClF2NO. The standard InChI is InChI=1S/C12H10ClF2NO/c1-17-6-7-3-2-4-8-9(13)5-10(12(14)15)16-11(7)8/h2-5,12H,6H2,1H3. The normalized spacial score (nSPS) is 11.4. The summed E-state index contributed by atoms with van der Waals surface area (Å²) in [5, 5.41) is 0.939. The molecule has 17 heavy (non-hydrogen) atoms. The minimum absolute atomic E-state index is 0.281. The van der Waals surface area contributed by atoms with Crippen LogP contribution in [0.5, 0.6) is 0 Å². The molecule has 0 saturated heterocycles. The van der Waals surface area contributed by atoms with Crippen LogP contribution < -0.4 is 0 Å². The Balaban J connectivity index is 2.69. The molecule has 2 rings (SSSR count). The van der Waals surface area contributed by atoms with E-state index < -0.39 is 6.43 Å². The van der Waals surface area contributed by atoms with Gasteiger partial charge in [0.2, 0.25) is 0 Å². The van der Waals surface area contributed by atoms with E-state index in [-0.39, 0.29) is 10.7 Å². The molecule has 0 aliphatic carbocycles. The number of para-hydroxylation sites is 1. The Bertz CT molecular complexity index is 545. The van der Waals surface area contributed by atoms with Crippen LogP contribution in [0, 0.1) is 0 Å². The maximum absolute atomic E-state index is 12.6. The Morgan fingerprint density at radius 3 is 2.82 bits per heavy atom. The summed E-state index contributed by atoms with van der Waals surface area (Å²) in [5.74, 6) is 0. The number of fused-ring (bicyclic) bond motifs is 1. The molecule has 0 spiro atoms. The van der Waals surface area contributed by atoms with Crippen molar-refractivity contribution in [2.75, 3.05) is 7.11 Å². The van der Waals surface area contributed by atoms with Crippen LogP contribution in [0.25, 0.3) is 10.9 Å². The number of ether oxygens (including phenoxy) is 1. The molecule has 90 valence electrons. The third kappa shape index (κ3) is 2.37. The molecule has 1 heterocycles. The summed E-state index contributed by atoms with van der Waals surface area (Å²) in [5.41, 5.74) is 0.901. The van der Waals surface area contributed by atoms with Gasteiger partial charge in [-0.2, -0.15) is 0 Å². The molecule has 2 nitrogen and oxygen atoms in total. The molecule has 0 radical (unpaired) electrons. The average Bonchev–Trinajstić information content (AvgIpc) is 2.30. The van der Waals surface area contributed by atoms with Crippen LogP contribution in [0.15, 0.2) is 24.3 Å². The number of pyridine rings is 1. The van der Waals surface area contributed by atoms with Gasteiger partial charge in [0.1, 0.15) is 5.69 Å². The Labute approximate surface area is 102 Å². The molecule has 0 aliphatic heterocycles. The molecule has 0 saturated carbocycles. The molecule has 0 amide bonds. The van der Waals surface area contributed by atoms with Crippen LogP contribution in [0.3, 0.4) is 0 Å². The van der Waals surface area contributed by atoms with Gasteiger partial charge in [-0.25, -0.2) is 13.8 Å². The van der Waals surface area contributed by atoms with Crippen molar-refractivity contribution in [1.29, 1.82) is 0 Å². The number of benzene rings is 1. The summed E-state index contributed by atoms with van der Waals surface area (Å²) in [6, 6.07) is 6.53. The first-order valence-electron chi connectivity index (χ1n) is 4.98. The summed E-state index contributed by atoms with van der Waals surface area (Å²) in [6.07, 6.45) is -2.63. The van der Waals surface area contributed by atoms with E-state index in [4.69, 9.17) is 16.3 Å². The molecule has 0 N–H and O–H groups in total. The minimum atomic E-state index is -2.63. The van der Waals surface area contributed by atoms with Crippen molar-refractivity contribution in [3.8, 4) is 0 Å². The molecule has 5 heteroatoms. The number of alkyl halides is 2. The monoisotopic (exact) mass is 257 g/mol. The van der Waals surface area contributed by atoms with Crippen molar-refractivity contribution in [3.05, 3.63) is 40.5 Å². The van der Waals surface area contributed by atoms with Gasteiger partial charge < -0.3 is 4.74 Å². The van der Waals surface area contributed by atoms with Crippen LogP contribution >= 0.6 is 11.6 Å². The van der Waals surface area contributed by atoms with Crippen molar-refractivity contribution >= 4 is 22.5 Å². The van der Waals surface area contributed by atoms with Gasteiger partial charge in [-0.05, 0) is 6.07 Å². The summed E-state index contributed by atoms with van der Waals surface area (Å²) >= 11 is 5.96. The molecule has 2 aromatic rings. The smallest absolute Gasteiger partial charge is 0.280 e. The quantitative estimate of drug-likeness (QED) is 0.830. The summed E-state index contributed by atoms with van der Waals surface area (Å²) in [7, 11) is 1.54. The van der Waals surface area contributed by atoms with Gasteiger partial charge in [0.05, 0.1) is 17.1 Å². The van der Waals surface area contributed by atoms with Crippen LogP contribution in [-0.4, -0.2) is 12.1 Å². The third-order valence-corrected chi connectivity index (χ3v) is 2.73. The number of aromatic nitrogens is 1. The number of methoxy groups -OCH3 is 1. The lowest BCUT2D eigenvalue weighted by molar-refractivity contribution is 0.146. The zero-order chi connectivity index (χ0) is 12.4. The Hall–Kier alpha value is -1.26. The number of rotatable bonds is 3. The lowest BCUT2D eigenvalue weighted by Crippen LogP contribution is -1.96. The second-order valence-electron chi connectivity index (χ2n) is 3.58. The fraction of sp³-hybridized carbons (Fsp3) is 0.250. The Kier molecular flexibility index (Phi) is 3.54. The molecule has 1 aromatic heterocycles. The molecular weight excluding hydrogens is 248 g/mol. The molecule has 0 bridgehead atoms. The largest absolute Gasteiger partial charge is 0.380 e. The van der Waals surface area contributed by atoms with Gasteiger partial charge >= 0.3 is 0 Å². The van der Waals surface area contributed by atoms with E-state index in [0.29, 0.717) is 17.5 Å². The van der Waals surface area contributed by atoms with E-state index in [9.17, 15) is 8.78 Å². The van der Waals surface area contributed by atoms with Gasteiger partial charge in [0.15, 0.2) is 0 Å². The van der Waals surface area contributed by atoms with Gasteiger partial charge in [0, 0.05) is 18.1 Å². The predicted octanol–water partition coefficient (Wildman–Crippen LogP) is 3.97. The molecule has 0 atom stereocenters. The second-order valence-corrected chi connectivity index (χ2v) is 3.98. The highest BCUT2D eigenvalue weighted by atomic mass is 35.5. The first-order chi connectivity index (χ1) is 8.13. The number of halogens is 3. The highest BCUT2D eigenvalue weighted by molar-refractivity contribution is 6.35. The third-order valence-electron chi connectivity index (χ3n) is 2.42. The summed E-state index contributed by atoms with van der Waals surface area (Å²) in [6.45, 7) is 0.313. The number of nitrogens with zero attached hydrogens (tertiary/aromatic N) is 1. The van der Waals surface area contributed by atoms with Gasteiger partial charge in [-0.1, -0.05) is 29.8 Å². The summed E-state index contributed by atoms with van der Waals surface area (Å²) in [4.78, 5) is 3.94. The highest BCUT2D eigenvalue weighted by Crippen LogP contribution is 2.29. The van der Waals surface area contributed by atoms with Crippen molar-refractivity contribution in [2.24, 2.45) is 0 Å². The molecule has 0 fully saturated rings. The van der Waals surface area contributed by atoms with Crippen molar-refractivity contribution in [3.63, 3.8) is 0 Å². The zero-order valence-corrected chi connectivity index (χ0v) is 9.84. The second kappa shape index (κ2) is 4.94. The van der Waals surface area contributed by atoms with Crippen molar-refractivity contribution in [1.82, 2.24) is 4.98 Å². The molecule has 1 aromatic carbocycles. The van der Waals surface area contributed by atoms with E-state index in [1.165, 1.54) is 13.2 Å². The van der Waals surface area contributed by atoms with E-state index in [1.807, 2.05) is 0 Å². The predicted molar refractivity (Wildman–Crippen MR) is 62.4 cm³/mol. The van der Waals surface area contributed by atoms with Gasteiger partial charge in [-0.3, -0.25) is 0 Å². The average molecular weight is 258 g/mol. The fourth-order valence-electron chi connectivity index (χ4n) is 1.67. The lowest BCUT2D eigenvalue weighted by atomic mass is 10.1. The lowest BCUT2D eigenvalue weighted by Gasteiger charge is -2.08. The topological polar surface area (TPSA) is 22.1 Å². The van der Waals surface area contributed by atoms with Crippen LogP contribution in [0.4, 0.5) is 8.78 Å². The van der Waals surface area contributed by atoms with Crippen LogP contribution in [0.1, 0.15) is 17.7 Å². The molecule has 0 aliphatic rings. The fourth-order valence-corrected chi connectivity index (χ4v) is 1.93. The van der Waals surface area contributed by atoms with E-state index in [0.717, 1.165) is 5.56 Å². The number of hydrogen-bond acceptors (Lipinski definition) is 2. The van der Waals surface area contributed by atoms with Crippen molar-refractivity contribution < 1.29 is 13.5 Å².